The quantitative estimate of drug-likeness (QED) is 0.605. The zero-order valence-electron chi connectivity index (χ0n) is 8.90. The minimum Gasteiger partial charge on any atom is -0.542 e. The highest BCUT2D eigenvalue weighted by atomic mass is 16.5. The third-order valence-corrected chi connectivity index (χ3v) is 1.21. The molecule has 6 heteroatoms. The lowest BCUT2D eigenvalue weighted by molar-refractivity contribution is -0.140. The molecule has 2 atom stereocenters. The van der Waals surface area contributed by atoms with Crippen molar-refractivity contribution < 1.29 is 19.3 Å². The average molecular weight is 201 g/mol. The predicted octanol–water partition coefficient (Wildman–Crippen LogP) is -0.475. The van der Waals surface area contributed by atoms with Gasteiger partial charge >= 0.3 is 14.0 Å². The fourth-order valence-corrected chi connectivity index (χ4v) is 0.495. The minimum absolute atomic E-state index is 0.645. The van der Waals surface area contributed by atoms with Crippen LogP contribution < -0.4 is 5.32 Å². The van der Waals surface area contributed by atoms with E-state index in [4.69, 9.17) is 5.11 Å². The van der Waals surface area contributed by atoms with Crippen molar-refractivity contribution in [3.63, 3.8) is 0 Å². The molecule has 0 rings (SSSR count). The molecule has 0 unspecified atom stereocenters. The summed E-state index contributed by atoms with van der Waals surface area (Å²) in [5, 5.41) is 10.9. The van der Waals surface area contributed by atoms with Gasteiger partial charge in [-0.3, -0.25) is 9.59 Å². The fourth-order valence-electron chi connectivity index (χ4n) is 0.495. The summed E-state index contributed by atoms with van der Waals surface area (Å²) in [6, 6.07) is -0.850. The molecule has 5 nitrogen and oxygen atoms in total. The van der Waals surface area contributed by atoms with Crippen molar-refractivity contribution in [2.75, 3.05) is 0 Å². The maximum absolute atomic E-state index is 10.8. The van der Waals surface area contributed by atoms with E-state index in [0.717, 1.165) is 0 Å². The molecule has 0 fully saturated rings. The Morgan fingerprint density at radius 2 is 1.79 bits per heavy atom. The second-order valence-electron chi connectivity index (χ2n) is 2.34. The lowest BCUT2D eigenvalue weighted by Crippen LogP contribution is -2.43. The van der Waals surface area contributed by atoms with Crippen LogP contribution >= 0.6 is 0 Å². The van der Waals surface area contributed by atoms with Crippen molar-refractivity contribution in [1.29, 1.82) is 0 Å². The standard InChI is InChI=1S/C6H10BNO4.C2H6/c1-3(6(11)12-7)8-5(10)4(2)9;1-2/h3-4,9H,1-2H3,(H,8,10);1-2H3/t3-,4+;/m0./s1. The highest BCUT2D eigenvalue weighted by molar-refractivity contribution is 6.06. The molecule has 80 valence electrons. The molecular formula is C8H16BNO4. The van der Waals surface area contributed by atoms with Gasteiger partial charge in [-0.2, -0.15) is 0 Å². The number of aliphatic hydroxyl groups excluding tert-OH is 1. The SMILES string of the molecule is CC.[B]OC(=O)[C@H](C)NC(=O)[C@@H](C)O. The Bertz CT molecular complexity index is 184. The third kappa shape index (κ3) is 6.48. The zero-order chi connectivity index (χ0) is 11.7. The molecule has 0 aromatic heterocycles. The van der Waals surface area contributed by atoms with Crippen molar-refractivity contribution in [2.45, 2.75) is 39.8 Å². The lowest BCUT2D eigenvalue weighted by atomic mass is 10.3. The Labute approximate surface area is 85.3 Å². The van der Waals surface area contributed by atoms with E-state index in [1.807, 2.05) is 13.8 Å². The first-order chi connectivity index (χ1) is 6.49. The summed E-state index contributed by atoms with van der Waals surface area (Å²) in [6.45, 7) is 6.69. The highest BCUT2D eigenvalue weighted by Gasteiger charge is 2.17. The van der Waals surface area contributed by atoms with Gasteiger partial charge in [-0.1, -0.05) is 13.8 Å². The number of rotatable bonds is 3. The van der Waals surface area contributed by atoms with E-state index in [2.05, 4.69) is 18.0 Å². The van der Waals surface area contributed by atoms with Crippen molar-refractivity contribution in [1.82, 2.24) is 5.32 Å². The number of amides is 1. The van der Waals surface area contributed by atoms with Crippen LogP contribution in [0.4, 0.5) is 0 Å². The van der Waals surface area contributed by atoms with Crippen LogP contribution in [0, 0.1) is 0 Å². The van der Waals surface area contributed by atoms with Crippen LogP contribution in [0.5, 0.6) is 0 Å². The average Bonchev–Trinajstić information content (AvgIpc) is 2.19. The Hall–Kier alpha value is -1.04. The first-order valence-electron chi connectivity index (χ1n) is 4.38. The molecule has 0 heterocycles. The lowest BCUT2D eigenvalue weighted by Gasteiger charge is -2.12. The van der Waals surface area contributed by atoms with E-state index in [-0.39, 0.29) is 0 Å². The van der Waals surface area contributed by atoms with Gasteiger partial charge < -0.3 is 15.1 Å². The molecule has 14 heavy (non-hydrogen) atoms. The van der Waals surface area contributed by atoms with Crippen LogP contribution in [0.1, 0.15) is 27.7 Å². The van der Waals surface area contributed by atoms with Gasteiger partial charge in [0.25, 0.3) is 0 Å². The maximum Gasteiger partial charge on any atom is 0.378 e. The van der Waals surface area contributed by atoms with E-state index in [1.165, 1.54) is 13.8 Å². The molecule has 0 aromatic carbocycles. The van der Waals surface area contributed by atoms with Crippen LogP contribution in [0.2, 0.25) is 0 Å². The summed E-state index contributed by atoms with van der Waals surface area (Å²) < 4.78 is 3.86. The number of hydrogen-bond acceptors (Lipinski definition) is 4. The van der Waals surface area contributed by atoms with Gasteiger partial charge in [0, 0.05) is 0 Å². The van der Waals surface area contributed by atoms with E-state index in [0.29, 0.717) is 0 Å². The number of hydrogen-bond donors (Lipinski definition) is 2. The second kappa shape index (κ2) is 8.56. The van der Waals surface area contributed by atoms with Gasteiger partial charge in [-0.05, 0) is 13.8 Å². The van der Waals surface area contributed by atoms with Crippen LogP contribution in [0.3, 0.4) is 0 Å². The smallest absolute Gasteiger partial charge is 0.378 e. The normalized spacial score (nSPS) is 12.9. The van der Waals surface area contributed by atoms with Crippen LogP contribution in [0.25, 0.3) is 0 Å². The molecule has 0 aromatic rings. The molecule has 0 aliphatic heterocycles. The molecule has 0 saturated heterocycles. The van der Waals surface area contributed by atoms with E-state index in [9.17, 15) is 9.59 Å². The summed E-state index contributed by atoms with van der Waals surface area (Å²) in [5.41, 5.74) is 0. The summed E-state index contributed by atoms with van der Waals surface area (Å²) in [7, 11) is 4.56. The summed E-state index contributed by atoms with van der Waals surface area (Å²) in [6.07, 6.45) is -1.15. The van der Waals surface area contributed by atoms with Crippen molar-refractivity contribution in [3.8, 4) is 0 Å². The van der Waals surface area contributed by atoms with Crippen molar-refractivity contribution >= 4 is 19.9 Å². The molecule has 0 aliphatic carbocycles. The minimum atomic E-state index is -1.15. The van der Waals surface area contributed by atoms with E-state index >= 15 is 0 Å². The number of carbonyl (C=O) groups is 2. The number of carbonyl (C=O) groups excluding carboxylic acids is 2. The summed E-state index contributed by atoms with van der Waals surface area (Å²) in [5.74, 6) is -1.41. The van der Waals surface area contributed by atoms with Crippen LogP contribution in [-0.4, -0.2) is 37.2 Å². The maximum atomic E-state index is 10.8. The second-order valence-corrected chi connectivity index (χ2v) is 2.34. The molecule has 1 amide bonds. The monoisotopic (exact) mass is 201 g/mol. The molecule has 2 radical (unpaired) electrons. The van der Waals surface area contributed by atoms with Crippen molar-refractivity contribution in [3.05, 3.63) is 0 Å². The molecule has 0 aliphatic rings. The predicted molar refractivity (Wildman–Crippen MR) is 52.5 cm³/mol. The highest BCUT2D eigenvalue weighted by Crippen LogP contribution is 1.87. The molecule has 0 saturated carbocycles. The van der Waals surface area contributed by atoms with Crippen LogP contribution in [-0.2, 0) is 14.2 Å². The van der Waals surface area contributed by atoms with E-state index in [1.54, 1.807) is 0 Å². The topological polar surface area (TPSA) is 75.6 Å². The Morgan fingerprint density at radius 1 is 1.36 bits per heavy atom. The molecular weight excluding hydrogens is 185 g/mol. The summed E-state index contributed by atoms with van der Waals surface area (Å²) in [4.78, 5) is 21.4. The fraction of sp³-hybridized carbons (Fsp3) is 0.750. The molecule has 2 N–H and O–H groups in total. The van der Waals surface area contributed by atoms with Crippen LogP contribution in [0.15, 0.2) is 0 Å². The number of aliphatic hydroxyl groups is 1. The zero-order valence-corrected chi connectivity index (χ0v) is 8.90. The van der Waals surface area contributed by atoms with Gasteiger partial charge in [0.05, 0.1) is 0 Å². The van der Waals surface area contributed by atoms with E-state index < -0.39 is 24.0 Å². The molecule has 0 bridgehead atoms. The van der Waals surface area contributed by atoms with Gasteiger partial charge in [-0.25, -0.2) is 0 Å². The van der Waals surface area contributed by atoms with Gasteiger partial charge in [0.15, 0.2) is 0 Å². The first-order valence-corrected chi connectivity index (χ1v) is 4.38. The Morgan fingerprint density at radius 3 is 2.07 bits per heavy atom. The van der Waals surface area contributed by atoms with Crippen molar-refractivity contribution in [2.24, 2.45) is 0 Å². The van der Waals surface area contributed by atoms with Gasteiger partial charge in [-0.15, -0.1) is 0 Å². The van der Waals surface area contributed by atoms with Gasteiger partial charge in [0.1, 0.15) is 12.1 Å². The largest absolute Gasteiger partial charge is 0.542 e. The first kappa shape index (κ1) is 15.4. The summed E-state index contributed by atoms with van der Waals surface area (Å²) >= 11 is 0. The van der Waals surface area contributed by atoms with Gasteiger partial charge in [0.2, 0.25) is 5.91 Å². The Kier molecular flexibility index (Phi) is 9.44. The third-order valence-electron chi connectivity index (χ3n) is 1.21. The molecule has 0 spiro atoms. The number of nitrogens with one attached hydrogen (secondary N) is 1. The Balaban J connectivity index is 0.